The van der Waals surface area contributed by atoms with Crippen molar-refractivity contribution in [2.45, 2.75) is 44.9 Å². The summed E-state index contributed by atoms with van der Waals surface area (Å²) in [5.74, 6) is 0.314. The van der Waals surface area contributed by atoms with Gasteiger partial charge in [-0.25, -0.2) is 0 Å². The van der Waals surface area contributed by atoms with Crippen LogP contribution in [0.2, 0.25) is 0 Å². The van der Waals surface area contributed by atoms with Crippen LogP contribution in [0.15, 0.2) is 60.8 Å². The lowest BCUT2D eigenvalue weighted by Gasteiger charge is -2.31. The van der Waals surface area contributed by atoms with Crippen molar-refractivity contribution in [2.75, 3.05) is 28.6 Å². The van der Waals surface area contributed by atoms with Gasteiger partial charge < -0.3 is 20.3 Å². The van der Waals surface area contributed by atoms with E-state index >= 15 is 0 Å². The molecular weight excluding hydrogens is 585 g/mol. The van der Waals surface area contributed by atoms with E-state index in [-0.39, 0.29) is 23.9 Å². The smallest absolute Gasteiger partial charge is 0.406 e. The van der Waals surface area contributed by atoms with Gasteiger partial charge in [0.2, 0.25) is 17.4 Å². The second-order valence-electron chi connectivity index (χ2n) is 9.34. The van der Waals surface area contributed by atoms with Gasteiger partial charge in [0.05, 0.1) is 6.42 Å². The molecule has 0 unspecified atom stereocenters. The Bertz CT molecular complexity index is 1460. The van der Waals surface area contributed by atoms with Gasteiger partial charge >= 0.3 is 6.36 Å². The number of hydrogen-bond acceptors (Lipinski definition) is 10. The predicted molar refractivity (Wildman–Crippen MR) is 155 cm³/mol. The first kappa shape index (κ1) is 31.3. The summed E-state index contributed by atoms with van der Waals surface area (Å²) in [4.78, 5) is 29.0. The molecule has 15 heteroatoms. The highest BCUT2D eigenvalue weighted by atomic mass is 32.1. The first-order valence-electron chi connectivity index (χ1n) is 13.4. The molecule has 4 aromatic rings. The average molecular weight is 615 g/mol. The SMILES string of the molecule is CCc1ccccn1.O=CNc1nnc(C2CCN(c3ccc(NC(=O)Cc4cccc(OC(F)(F)F)c4)nn3)CC2)s1. The minimum atomic E-state index is -4.80. The number of alkyl halides is 3. The van der Waals surface area contributed by atoms with E-state index in [2.05, 4.69) is 52.6 Å². The van der Waals surface area contributed by atoms with Crippen LogP contribution in [0.1, 0.15) is 41.9 Å². The minimum Gasteiger partial charge on any atom is -0.406 e. The number of halogens is 3. The lowest BCUT2D eigenvalue weighted by Crippen LogP contribution is -2.33. The molecule has 1 aromatic carbocycles. The zero-order valence-electron chi connectivity index (χ0n) is 23.1. The zero-order chi connectivity index (χ0) is 30.7. The van der Waals surface area contributed by atoms with E-state index in [1.807, 2.05) is 24.4 Å². The average Bonchev–Trinajstić information content (AvgIpc) is 3.46. The molecule has 1 saturated heterocycles. The van der Waals surface area contributed by atoms with E-state index in [9.17, 15) is 22.8 Å². The van der Waals surface area contributed by atoms with E-state index in [1.54, 1.807) is 12.1 Å². The van der Waals surface area contributed by atoms with Crippen LogP contribution < -0.4 is 20.3 Å². The van der Waals surface area contributed by atoms with Crippen molar-refractivity contribution in [1.82, 2.24) is 25.4 Å². The number of aromatic nitrogens is 5. The normalized spacial score (nSPS) is 13.4. The molecule has 43 heavy (non-hydrogen) atoms. The van der Waals surface area contributed by atoms with E-state index < -0.39 is 12.3 Å². The fourth-order valence-corrected chi connectivity index (χ4v) is 5.13. The number of amides is 2. The highest BCUT2D eigenvalue weighted by molar-refractivity contribution is 7.15. The van der Waals surface area contributed by atoms with Gasteiger partial charge in [-0.1, -0.05) is 36.5 Å². The number of carbonyl (C=O) groups is 2. The van der Waals surface area contributed by atoms with Gasteiger partial charge in [-0.3, -0.25) is 14.6 Å². The number of anilines is 3. The molecule has 4 heterocycles. The summed E-state index contributed by atoms with van der Waals surface area (Å²) < 4.78 is 41.0. The quantitative estimate of drug-likeness (QED) is 0.250. The van der Waals surface area contributed by atoms with Crippen molar-refractivity contribution in [3.05, 3.63) is 77.1 Å². The van der Waals surface area contributed by atoms with Crippen molar-refractivity contribution >= 4 is 40.4 Å². The molecule has 0 radical (unpaired) electrons. The van der Waals surface area contributed by atoms with E-state index in [0.717, 1.165) is 55.2 Å². The van der Waals surface area contributed by atoms with Crippen molar-refractivity contribution < 1.29 is 27.5 Å². The third-order valence-corrected chi connectivity index (χ3v) is 7.31. The summed E-state index contributed by atoms with van der Waals surface area (Å²) in [6.07, 6.45) is 0.147. The fraction of sp³-hybridized carbons (Fsp3) is 0.321. The largest absolute Gasteiger partial charge is 0.573 e. The standard InChI is InChI=1S/C21H20F3N7O3S.C7H9N/c22-21(23,24)34-15-3-1-2-13(10-15)11-18(33)26-16-4-5-17(28-27-16)31-8-6-14(7-9-31)19-29-30-20(35-19)25-12-32;1-2-7-5-3-4-6-8-7/h1-5,10,12,14H,6-9,11H2,(H,25,30,32)(H,26,27,33);3-6H,2H2,1H3. The minimum absolute atomic E-state index is 0.151. The second kappa shape index (κ2) is 15.0. The Labute approximate surface area is 249 Å². The van der Waals surface area contributed by atoms with Gasteiger partial charge in [0.1, 0.15) is 10.8 Å². The number of hydrogen-bond donors (Lipinski definition) is 2. The molecule has 0 saturated carbocycles. The van der Waals surface area contributed by atoms with Gasteiger partial charge in [-0.15, -0.1) is 33.6 Å². The molecule has 1 aliphatic heterocycles. The Morgan fingerprint density at radius 3 is 2.51 bits per heavy atom. The number of benzene rings is 1. The number of piperidine rings is 1. The van der Waals surface area contributed by atoms with Crippen molar-refractivity contribution in [1.29, 1.82) is 0 Å². The van der Waals surface area contributed by atoms with Gasteiger partial charge in [-0.05, 0) is 61.2 Å². The summed E-state index contributed by atoms with van der Waals surface area (Å²) in [6.45, 7) is 3.57. The number of ether oxygens (including phenoxy) is 1. The number of nitrogens with zero attached hydrogens (tertiary/aromatic N) is 6. The molecule has 5 rings (SSSR count). The van der Waals surface area contributed by atoms with E-state index in [4.69, 9.17) is 0 Å². The van der Waals surface area contributed by atoms with Crippen molar-refractivity contribution in [3.8, 4) is 5.75 Å². The molecule has 11 nitrogen and oxygen atoms in total. The molecule has 0 spiro atoms. The van der Waals surface area contributed by atoms with Crippen LogP contribution in [0, 0.1) is 0 Å². The first-order chi connectivity index (χ1) is 20.7. The maximum Gasteiger partial charge on any atom is 0.573 e. The molecule has 1 aliphatic rings. The lowest BCUT2D eigenvalue weighted by molar-refractivity contribution is -0.274. The predicted octanol–water partition coefficient (Wildman–Crippen LogP) is 5.00. The molecule has 3 aromatic heterocycles. The Balaban J connectivity index is 0.000000458. The van der Waals surface area contributed by atoms with Gasteiger partial charge in [0.25, 0.3) is 0 Å². The molecule has 0 aliphatic carbocycles. The number of aryl methyl sites for hydroxylation is 1. The van der Waals surface area contributed by atoms with Crippen LogP contribution in [0.5, 0.6) is 5.75 Å². The van der Waals surface area contributed by atoms with Crippen LogP contribution in [0.3, 0.4) is 0 Å². The maximum absolute atomic E-state index is 12.4. The number of carbonyl (C=O) groups excluding carboxylic acids is 2. The zero-order valence-corrected chi connectivity index (χ0v) is 23.9. The molecule has 0 bridgehead atoms. The van der Waals surface area contributed by atoms with Crippen LogP contribution >= 0.6 is 11.3 Å². The number of pyridine rings is 1. The van der Waals surface area contributed by atoms with Crippen LogP contribution in [0.4, 0.5) is 29.9 Å². The first-order valence-corrected chi connectivity index (χ1v) is 14.2. The van der Waals surface area contributed by atoms with E-state index in [1.165, 1.54) is 23.5 Å². The molecular formula is C28H29F3N8O3S. The Kier molecular flexibility index (Phi) is 10.9. The second-order valence-corrected chi connectivity index (χ2v) is 10.3. The van der Waals surface area contributed by atoms with Gasteiger partial charge in [-0.2, -0.15) is 0 Å². The molecule has 226 valence electrons. The van der Waals surface area contributed by atoms with E-state index in [0.29, 0.717) is 22.9 Å². The molecule has 1 fully saturated rings. The van der Waals surface area contributed by atoms with Crippen LogP contribution in [-0.4, -0.2) is 57.1 Å². The summed E-state index contributed by atoms with van der Waals surface area (Å²) in [5, 5.41) is 22.8. The Morgan fingerprint density at radius 2 is 1.88 bits per heavy atom. The van der Waals surface area contributed by atoms with Crippen LogP contribution in [-0.2, 0) is 22.4 Å². The molecule has 2 N–H and O–H groups in total. The van der Waals surface area contributed by atoms with Crippen LogP contribution in [0.25, 0.3) is 0 Å². The third kappa shape index (κ3) is 9.99. The van der Waals surface area contributed by atoms with Crippen molar-refractivity contribution in [2.24, 2.45) is 0 Å². The summed E-state index contributed by atoms with van der Waals surface area (Å²) in [6, 6.07) is 14.6. The molecule has 2 amide bonds. The topological polar surface area (TPSA) is 135 Å². The lowest BCUT2D eigenvalue weighted by atomic mass is 9.98. The summed E-state index contributed by atoms with van der Waals surface area (Å²) in [5.41, 5.74) is 1.52. The third-order valence-electron chi connectivity index (χ3n) is 6.29. The van der Waals surface area contributed by atoms with Gasteiger partial charge in [0.15, 0.2) is 11.6 Å². The van der Waals surface area contributed by atoms with Crippen molar-refractivity contribution in [3.63, 3.8) is 0 Å². The fourth-order valence-electron chi connectivity index (χ4n) is 4.26. The monoisotopic (exact) mass is 614 g/mol. The summed E-state index contributed by atoms with van der Waals surface area (Å²) >= 11 is 1.36. The number of nitrogens with one attached hydrogen (secondary N) is 2. The highest BCUT2D eigenvalue weighted by Crippen LogP contribution is 2.32. The molecule has 0 atom stereocenters. The summed E-state index contributed by atoms with van der Waals surface area (Å²) in [7, 11) is 0. The maximum atomic E-state index is 12.4. The Morgan fingerprint density at radius 1 is 1.07 bits per heavy atom. The highest BCUT2D eigenvalue weighted by Gasteiger charge is 2.31. The van der Waals surface area contributed by atoms with Gasteiger partial charge in [0, 0.05) is 30.9 Å². The number of rotatable bonds is 9. The Hall–Kier alpha value is -4.66.